The fourth-order valence-electron chi connectivity index (χ4n) is 1.19. The van der Waals surface area contributed by atoms with E-state index >= 15 is 0 Å². The maximum absolute atomic E-state index is 8.25. The van der Waals surface area contributed by atoms with Gasteiger partial charge in [0.25, 0.3) is 0 Å². The molecule has 0 radical (unpaired) electrons. The first-order chi connectivity index (χ1) is 5.54. The summed E-state index contributed by atoms with van der Waals surface area (Å²) in [6, 6.07) is 0.562. The first kappa shape index (κ1) is 19.4. The number of nitrogens with two attached hydrogens (primary N) is 2. The van der Waals surface area contributed by atoms with E-state index in [1.54, 1.807) is 0 Å². The van der Waals surface area contributed by atoms with E-state index in [1.165, 1.54) is 12.8 Å². The molecule has 1 fully saturated rings. The Bertz CT molecular complexity index is 135. The van der Waals surface area contributed by atoms with Crippen LogP contribution in [0.1, 0.15) is 25.7 Å². The molecule has 7 nitrogen and oxygen atoms in total. The second-order valence-electron chi connectivity index (χ2n) is 2.84. The van der Waals surface area contributed by atoms with Crippen molar-refractivity contribution in [2.45, 2.75) is 37.8 Å². The summed E-state index contributed by atoms with van der Waals surface area (Å²) >= 11 is 0. The summed E-state index contributed by atoms with van der Waals surface area (Å²) in [6.45, 7) is 0. The van der Waals surface area contributed by atoms with Crippen molar-refractivity contribution in [3.8, 4) is 0 Å². The molecule has 1 aliphatic rings. The molecule has 0 heterocycles. The van der Waals surface area contributed by atoms with Crippen LogP contribution in [0.5, 0.6) is 0 Å². The molecule has 0 aliphatic heterocycles. The van der Waals surface area contributed by atoms with Gasteiger partial charge in [-0.3, -0.25) is 0 Å². The van der Waals surface area contributed by atoms with E-state index in [-0.39, 0.29) is 38.6 Å². The summed E-state index contributed by atoms with van der Waals surface area (Å²) in [7, 11) is 0. The maximum Gasteiger partial charge on any atom is 2.00 e. The quantitative estimate of drug-likeness (QED) is 0.434. The summed E-state index contributed by atoms with van der Waals surface area (Å²) < 4.78 is 0. The molecule has 2 atom stereocenters. The van der Waals surface area contributed by atoms with E-state index in [2.05, 4.69) is 0 Å². The van der Waals surface area contributed by atoms with Crippen molar-refractivity contribution >= 4 is 0 Å². The molecule has 88 valence electrons. The van der Waals surface area contributed by atoms with Crippen LogP contribution in [-0.4, -0.2) is 22.6 Å². The van der Waals surface area contributed by atoms with Gasteiger partial charge in [0.15, 0.2) is 0 Å². The van der Waals surface area contributed by atoms with Crippen LogP contribution in [0.25, 0.3) is 0 Å². The monoisotopic (exact) mass is 388 g/mol. The van der Waals surface area contributed by atoms with Crippen LogP contribution in [0.3, 0.4) is 0 Å². The predicted molar refractivity (Wildman–Crippen MR) is 46.7 cm³/mol. The van der Waals surface area contributed by atoms with Gasteiger partial charge in [-0.15, -0.1) is 0 Å². The Morgan fingerprint density at radius 3 is 1.43 bits per heavy atom. The van der Waals surface area contributed by atoms with Crippen molar-refractivity contribution in [3.05, 3.63) is 15.3 Å². The summed E-state index contributed by atoms with van der Waals surface area (Å²) in [5.74, 6) is 0. The summed E-state index contributed by atoms with van der Waals surface area (Å²) in [5.41, 5.74) is 11.3. The van der Waals surface area contributed by atoms with Gasteiger partial charge in [0.1, 0.15) is 0 Å². The molecule has 1 saturated carbocycles. The number of hydrogen-bond donors (Lipinski definition) is 2. The molecule has 0 saturated heterocycles. The van der Waals surface area contributed by atoms with Crippen molar-refractivity contribution in [2.75, 3.05) is 0 Å². The number of hydrogen-bond acceptors (Lipinski definition) is 6. The van der Waals surface area contributed by atoms with Gasteiger partial charge in [0.05, 0.1) is 5.09 Å². The standard InChI is InChI=1S/C6H14N2.NO3.H2O.Pt/c7-5-3-1-2-4-6(5)8;2-1(3)4;;/h5-6H,1-4,7-8H2;;1H2;/q;-1;;+2/p-1. The van der Waals surface area contributed by atoms with E-state index < -0.39 is 5.09 Å². The zero-order valence-electron chi connectivity index (χ0n) is 7.57. The minimum absolute atomic E-state index is 0. The fourth-order valence-corrected chi connectivity index (χ4v) is 1.19. The van der Waals surface area contributed by atoms with Crippen molar-refractivity contribution in [1.29, 1.82) is 0 Å². The first-order valence-corrected chi connectivity index (χ1v) is 3.86. The molecule has 2 unspecified atom stereocenters. The smallest absolute Gasteiger partial charge is 0.870 e. The molecule has 0 amide bonds. The summed E-state index contributed by atoms with van der Waals surface area (Å²) in [5, 5.41) is 14.8. The van der Waals surface area contributed by atoms with Gasteiger partial charge in [0, 0.05) is 12.1 Å². The average Bonchev–Trinajstić information content (AvgIpc) is 1.94. The first-order valence-electron chi connectivity index (χ1n) is 3.86. The minimum atomic E-state index is -1.75. The van der Waals surface area contributed by atoms with Gasteiger partial charge in [-0.25, -0.2) is 0 Å². The molecule has 1 aliphatic carbocycles. The van der Waals surface area contributed by atoms with Gasteiger partial charge < -0.3 is 32.3 Å². The van der Waals surface area contributed by atoms with E-state index in [9.17, 15) is 0 Å². The van der Waals surface area contributed by atoms with E-state index in [0.717, 1.165) is 12.8 Å². The van der Waals surface area contributed by atoms with Crippen molar-refractivity contribution in [3.63, 3.8) is 0 Å². The van der Waals surface area contributed by atoms with Gasteiger partial charge >= 0.3 is 21.1 Å². The second-order valence-corrected chi connectivity index (χ2v) is 2.84. The molecule has 0 aromatic rings. The summed E-state index contributed by atoms with van der Waals surface area (Å²) in [4.78, 5) is 8.25. The van der Waals surface area contributed by atoms with Crippen LogP contribution in [0.4, 0.5) is 0 Å². The molecule has 0 spiro atoms. The predicted octanol–water partition coefficient (Wildman–Crippen LogP) is -0.203. The topological polar surface area (TPSA) is 148 Å². The summed E-state index contributed by atoms with van der Waals surface area (Å²) in [6.07, 6.45) is 4.80. The van der Waals surface area contributed by atoms with Crippen molar-refractivity contribution in [1.82, 2.24) is 0 Å². The van der Waals surface area contributed by atoms with Crippen LogP contribution in [-0.2, 0) is 21.1 Å². The van der Waals surface area contributed by atoms with Crippen molar-refractivity contribution in [2.24, 2.45) is 11.5 Å². The average molecular weight is 388 g/mol. The van der Waals surface area contributed by atoms with E-state index in [0.29, 0.717) is 0 Å². The van der Waals surface area contributed by atoms with E-state index in [4.69, 9.17) is 26.8 Å². The van der Waals surface area contributed by atoms with Gasteiger partial charge in [-0.2, -0.15) is 0 Å². The zero-order chi connectivity index (χ0) is 9.56. The third-order valence-electron chi connectivity index (χ3n) is 1.87. The molecule has 0 bridgehead atoms. The van der Waals surface area contributed by atoms with E-state index in [1.807, 2.05) is 0 Å². The van der Waals surface area contributed by atoms with Gasteiger partial charge in [-0.1, -0.05) is 12.8 Å². The Labute approximate surface area is 96.5 Å². The molecular weight excluding hydrogens is 373 g/mol. The molecule has 0 aromatic carbocycles. The molecule has 0 aromatic heterocycles. The SMILES string of the molecule is NC1CCCCC1N.O=[N+]([O-])[O-].[OH-].[Pt+2]. The second kappa shape index (κ2) is 10.8. The van der Waals surface area contributed by atoms with Gasteiger partial charge in [-0.05, 0) is 12.8 Å². The van der Waals surface area contributed by atoms with Crippen LogP contribution >= 0.6 is 0 Å². The normalized spacial score (nSPS) is 24.4. The zero-order valence-corrected chi connectivity index (χ0v) is 9.85. The Kier molecular flexibility index (Phi) is 15.0. The van der Waals surface area contributed by atoms with Crippen LogP contribution in [0.2, 0.25) is 0 Å². The molecule has 14 heavy (non-hydrogen) atoms. The largest absolute Gasteiger partial charge is 2.00 e. The van der Waals surface area contributed by atoms with Gasteiger partial charge in [0.2, 0.25) is 0 Å². The fraction of sp³-hybridized carbons (Fsp3) is 1.00. The molecular formula is C6H15N3O4Pt. The van der Waals surface area contributed by atoms with Crippen LogP contribution < -0.4 is 11.5 Å². The number of nitrogens with zero attached hydrogens (tertiary/aromatic N) is 1. The van der Waals surface area contributed by atoms with Crippen LogP contribution in [0, 0.1) is 15.3 Å². The Morgan fingerprint density at radius 2 is 1.29 bits per heavy atom. The molecule has 1 rings (SSSR count). The third kappa shape index (κ3) is 11.8. The number of rotatable bonds is 0. The maximum atomic E-state index is 8.25. The third-order valence-corrected chi connectivity index (χ3v) is 1.87. The molecule has 8 heteroatoms. The minimum Gasteiger partial charge on any atom is -0.870 e. The Balaban J connectivity index is -0.000000180. The Morgan fingerprint density at radius 1 is 1.07 bits per heavy atom. The van der Waals surface area contributed by atoms with Crippen LogP contribution in [0.15, 0.2) is 0 Å². The molecule has 5 N–H and O–H groups in total. The Hall–Kier alpha value is -0.232. The van der Waals surface area contributed by atoms with Crippen molar-refractivity contribution < 1.29 is 31.6 Å².